The van der Waals surface area contributed by atoms with Crippen LogP contribution >= 0.6 is 15.9 Å². The van der Waals surface area contributed by atoms with Crippen LogP contribution in [0.1, 0.15) is 36.8 Å². The van der Waals surface area contributed by atoms with E-state index in [-0.39, 0.29) is 30.6 Å². The van der Waals surface area contributed by atoms with Gasteiger partial charge in [-0.25, -0.2) is 8.42 Å². The first-order chi connectivity index (χ1) is 20.7. The molecule has 1 aliphatic carbocycles. The Hall–Kier alpha value is -3.57. The Bertz CT molecular complexity index is 1550. The Morgan fingerprint density at radius 2 is 1.63 bits per heavy atom. The zero-order chi connectivity index (χ0) is 30.4. The van der Waals surface area contributed by atoms with Gasteiger partial charge in [-0.1, -0.05) is 71.2 Å². The predicted molar refractivity (Wildman–Crippen MR) is 169 cm³/mol. The maximum absolute atomic E-state index is 14.3. The molecule has 1 fully saturated rings. The molecule has 0 bridgehead atoms. The number of hydrogen-bond donors (Lipinski definition) is 1. The topological polar surface area (TPSA) is 105 Å². The average Bonchev–Trinajstić information content (AvgIpc) is 3.50. The van der Waals surface area contributed by atoms with Gasteiger partial charge in [0.2, 0.25) is 21.8 Å². The lowest BCUT2D eigenvalue weighted by Gasteiger charge is -2.34. The summed E-state index contributed by atoms with van der Waals surface area (Å²) in [5, 5.41) is 3.18. The molecule has 5 rings (SSSR count). The number of fused-ring (bicyclic) bond motifs is 1. The lowest BCUT2D eigenvalue weighted by atomic mass is 10.0. The van der Waals surface area contributed by atoms with Crippen LogP contribution in [0.5, 0.6) is 11.5 Å². The number of halogens is 1. The SMILES string of the molecule is CS(=O)(=O)N(CC(=O)N(Cc1cccc(Br)c1)C(Cc1ccccc1)C(=O)NC1CCCC1)c1ccc2c(c1)OCCO2. The van der Waals surface area contributed by atoms with Crippen LogP contribution in [0.25, 0.3) is 0 Å². The summed E-state index contributed by atoms with van der Waals surface area (Å²) in [6, 6.07) is 21.1. The summed E-state index contributed by atoms with van der Waals surface area (Å²) in [4.78, 5) is 29.7. The molecule has 1 aliphatic heterocycles. The van der Waals surface area contributed by atoms with Gasteiger partial charge in [-0.15, -0.1) is 0 Å². The van der Waals surface area contributed by atoms with Crippen molar-refractivity contribution in [3.63, 3.8) is 0 Å². The molecule has 1 heterocycles. The van der Waals surface area contributed by atoms with Gasteiger partial charge in [0, 0.05) is 29.5 Å². The number of sulfonamides is 1. The lowest BCUT2D eigenvalue weighted by molar-refractivity contribution is -0.140. The highest BCUT2D eigenvalue weighted by Crippen LogP contribution is 2.35. The van der Waals surface area contributed by atoms with Gasteiger partial charge >= 0.3 is 0 Å². The first-order valence-corrected chi connectivity index (χ1v) is 17.1. The fraction of sp³-hybridized carbons (Fsp3) is 0.375. The fourth-order valence-corrected chi connectivity index (χ4v) is 6.84. The number of carbonyl (C=O) groups excluding carboxylic acids is 2. The minimum absolute atomic E-state index is 0.0545. The highest BCUT2D eigenvalue weighted by molar-refractivity contribution is 9.10. The summed E-state index contributed by atoms with van der Waals surface area (Å²) >= 11 is 3.50. The van der Waals surface area contributed by atoms with Crippen LogP contribution in [0.15, 0.2) is 77.3 Å². The van der Waals surface area contributed by atoms with Gasteiger partial charge in [-0.3, -0.25) is 13.9 Å². The molecule has 3 aromatic rings. The molecule has 1 atom stereocenters. The molecule has 0 saturated heterocycles. The molecule has 43 heavy (non-hydrogen) atoms. The summed E-state index contributed by atoms with van der Waals surface area (Å²) in [7, 11) is -3.89. The van der Waals surface area contributed by atoms with Gasteiger partial charge < -0.3 is 19.7 Å². The van der Waals surface area contributed by atoms with E-state index >= 15 is 0 Å². The number of amides is 2. The van der Waals surface area contributed by atoms with Crippen LogP contribution < -0.4 is 19.1 Å². The van der Waals surface area contributed by atoms with E-state index in [0.29, 0.717) is 24.7 Å². The number of ether oxygens (including phenoxy) is 2. The van der Waals surface area contributed by atoms with Crippen molar-refractivity contribution in [1.29, 1.82) is 0 Å². The Morgan fingerprint density at radius 3 is 2.33 bits per heavy atom. The number of rotatable bonds is 11. The number of anilines is 1. The normalized spacial score (nSPS) is 15.5. The van der Waals surface area contributed by atoms with Crippen molar-refractivity contribution in [3.05, 3.63) is 88.4 Å². The molecule has 1 N–H and O–H groups in total. The average molecular weight is 671 g/mol. The third-order valence-electron chi connectivity index (χ3n) is 7.71. The van der Waals surface area contributed by atoms with Crippen molar-refractivity contribution >= 4 is 43.5 Å². The monoisotopic (exact) mass is 669 g/mol. The van der Waals surface area contributed by atoms with E-state index in [4.69, 9.17) is 9.47 Å². The van der Waals surface area contributed by atoms with Crippen LogP contribution in [0.3, 0.4) is 0 Å². The van der Waals surface area contributed by atoms with Gasteiger partial charge in [-0.2, -0.15) is 0 Å². The van der Waals surface area contributed by atoms with Crippen LogP contribution in [-0.2, 0) is 32.6 Å². The second kappa shape index (κ2) is 13.8. The Kier molecular flexibility index (Phi) is 9.92. The first-order valence-electron chi connectivity index (χ1n) is 14.4. The maximum atomic E-state index is 14.3. The van der Waals surface area contributed by atoms with Crippen molar-refractivity contribution in [1.82, 2.24) is 10.2 Å². The van der Waals surface area contributed by atoms with Crippen molar-refractivity contribution in [2.24, 2.45) is 0 Å². The van der Waals surface area contributed by atoms with Gasteiger partial charge in [0.15, 0.2) is 11.5 Å². The second-order valence-electron chi connectivity index (χ2n) is 10.9. The Labute approximate surface area is 261 Å². The molecule has 9 nitrogen and oxygen atoms in total. The van der Waals surface area contributed by atoms with Crippen molar-refractivity contribution < 1.29 is 27.5 Å². The third-order valence-corrected chi connectivity index (χ3v) is 9.34. The molecule has 0 spiro atoms. The number of benzene rings is 3. The largest absolute Gasteiger partial charge is 0.486 e. The maximum Gasteiger partial charge on any atom is 0.244 e. The molecule has 1 unspecified atom stereocenters. The molecule has 11 heteroatoms. The van der Waals surface area contributed by atoms with E-state index < -0.39 is 28.5 Å². The summed E-state index contributed by atoms with van der Waals surface area (Å²) in [5.74, 6) is 0.179. The van der Waals surface area contributed by atoms with Crippen molar-refractivity contribution in [2.45, 2.75) is 50.7 Å². The van der Waals surface area contributed by atoms with Crippen molar-refractivity contribution in [2.75, 3.05) is 30.3 Å². The lowest BCUT2D eigenvalue weighted by Crippen LogP contribution is -2.54. The molecular formula is C32H36BrN3O6S. The Balaban J connectivity index is 1.50. The van der Waals surface area contributed by atoms with Crippen LogP contribution in [0.4, 0.5) is 5.69 Å². The van der Waals surface area contributed by atoms with Crippen LogP contribution in [-0.4, -0.2) is 63.2 Å². The van der Waals surface area contributed by atoms with Gasteiger partial charge in [-0.05, 0) is 48.2 Å². The minimum Gasteiger partial charge on any atom is -0.486 e. The van der Waals surface area contributed by atoms with E-state index in [2.05, 4.69) is 21.2 Å². The standard InChI is InChI=1S/C32H36BrN3O6S/c1-43(39,40)36(27-14-15-29-30(20-27)42-17-16-41-29)22-31(37)35(21-24-10-7-11-25(33)18-24)28(19-23-8-3-2-4-9-23)32(38)34-26-12-5-6-13-26/h2-4,7-11,14-15,18,20,26,28H,5-6,12-13,16-17,19,21-22H2,1H3,(H,34,38). The van der Waals surface area contributed by atoms with E-state index in [1.807, 2.05) is 54.6 Å². The zero-order valence-corrected chi connectivity index (χ0v) is 26.5. The number of nitrogens with zero attached hydrogens (tertiary/aromatic N) is 2. The fourth-order valence-electron chi connectivity index (χ4n) is 5.55. The molecule has 0 aromatic heterocycles. The van der Waals surface area contributed by atoms with Gasteiger partial charge in [0.1, 0.15) is 25.8 Å². The quantitative estimate of drug-likeness (QED) is 0.318. The minimum atomic E-state index is -3.89. The predicted octanol–water partition coefficient (Wildman–Crippen LogP) is 4.69. The summed E-state index contributed by atoms with van der Waals surface area (Å²) < 4.78 is 39.3. The van der Waals surface area contributed by atoms with E-state index in [1.165, 1.54) is 4.90 Å². The number of hydrogen-bond acceptors (Lipinski definition) is 6. The summed E-state index contributed by atoms with van der Waals surface area (Å²) in [6.45, 7) is 0.365. The highest BCUT2D eigenvalue weighted by Gasteiger charge is 2.34. The first kappa shape index (κ1) is 30.9. The smallest absolute Gasteiger partial charge is 0.244 e. The van der Waals surface area contributed by atoms with E-state index in [0.717, 1.165) is 51.8 Å². The van der Waals surface area contributed by atoms with Gasteiger partial charge in [0.25, 0.3) is 0 Å². The number of nitrogens with one attached hydrogen (secondary N) is 1. The van der Waals surface area contributed by atoms with Crippen LogP contribution in [0, 0.1) is 0 Å². The Morgan fingerprint density at radius 1 is 0.930 bits per heavy atom. The zero-order valence-electron chi connectivity index (χ0n) is 24.1. The van der Waals surface area contributed by atoms with Gasteiger partial charge in [0.05, 0.1) is 11.9 Å². The second-order valence-corrected chi connectivity index (χ2v) is 13.8. The molecule has 0 radical (unpaired) electrons. The van der Waals surface area contributed by atoms with E-state index in [9.17, 15) is 18.0 Å². The number of carbonyl (C=O) groups is 2. The molecule has 2 aliphatic rings. The molecular weight excluding hydrogens is 634 g/mol. The summed E-state index contributed by atoms with van der Waals surface area (Å²) in [5.41, 5.74) is 1.98. The molecule has 228 valence electrons. The molecule has 2 amide bonds. The summed E-state index contributed by atoms with van der Waals surface area (Å²) in [6.07, 6.45) is 5.23. The molecule has 3 aromatic carbocycles. The van der Waals surface area contributed by atoms with Crippen molar-refractivity contribution in [3.8, 4) is 11.5 Å². The third kappa shape index (κ3) is 8.08. The van der Waals surface area contributed by atoms with Crippen LogP contribution in [0.2, 0.25) is 0 Å². The molecule has 1 saturated carbocycles. The van der Waals surface area contributed by atoms with E-state index in [1.54, 1.807) is 18.2 Å². The highest BCUT2D eigenvalue weighted by atomic mass is 79.9.